The maximum Gasteiger partial charge on any atom is 0.255 e. The van der Waals surface area contributed by atoms with E-state index in [4.69, 9.17) is 5.73 Å². The molecule has 1 saturated heterocycles. The minimum absolute atomic E-state index is 0.134. The molecule has 1 amide bonds. The van der Waals surface area contributed by atoms with Crippen LogP contribution < -0.4 is 5.73 Å². The largest absolute Gasteiger partial charge is 0.334 e. The Balaban J connectivity index is 2.15. The summed E-state index contributed by atoms with van der Waals surface area (Å²) in [6.45, 7) is 5.33. The van der Waals surface area contributed by atoms with E-state index in [1.807, 2.05) is 16.3 Å². The second kappa shape index (κ2) is 7.60. The van der Waals surface area contributed by atoms with Gasteiger partial charge in [0.25, 0.3) is 5.91 Å². The Kier molecular flexibility index (Phi) is 5.80. The molecule has 2 heterocycles. The number of hydrogen-bond acceptors (Lipinski definition) is 4. The van der Waals surface area contributed by atoms with E-state index >= 15 is 0 Å². The van der Waals surface area contributed by atoms with Crippen molar-refractivity contribution in [3.8, 4) is 11.8 Å². The van der Waals surface area contributed by atoms with E-state index < -0.39 is 0 Å². The number of nitrogens with two attached hydrogens (primary N) is 1. The van der Waals surface area contributed by atoms with Crippen molar-refractivity contribution in [1.29, 1.82) is 0 Å². The third-order valence-corrected chi connectivity index (χ3v) is 4.64. The predicted octanol–water partition coefficient (Wildman–Crippen LogP) is 1.61. The van der Waals surface area contributed by atoms with Crippen LogP contribution in [0.5, 0.6) is 0 Å². The molecule has 5 heteroatoms. The molecular formula is C16H23N3OS. The molecule has 1 unspecified atom stereocenters. The molecule has 0 aliphatic carbocycles. The average Bonchev–Trinajstić information content (AvgIpc) is 2.87. The first kappa shape index (κ1) is 16.0. The number of amides is 1. The third-order valence-electron chi connectivity index (χ3n) is 3.79. The van der Waals surface area contributed by atoms with E-state index in [1.165, 1.54) is 11.3 Å². The number of hydrogen-bond donors (Lipinski definition) is 1. The molecule has 1 atom stereocenters. The first-order valence-electron chi connectivity index (χ1n) is 7.42. The van der Waals surface area contributed by atoms with Crippen molar-refractivity contribution in [1.82, 2.24) is 9.80 Å². The molecule has 0 bridgehead atoms. The Morgan fingerprint density at radius 2 is 2.33 bits per heavy atom. The molecule has 1 fully saturated rings. The fraction of sp³-hybridized carbons (Fsp3) is 0.562. The SMILES string of the molecule is CCC1CN(C)CCCN1C(=O)c1csc(C#CCN)c1. The summed E-state index contributed by atoms with van der Waals surface area (Å²) >= 11 is 1.51. The summed E-state index contributed by atoms with van der Waals surface area (Å²) in [5, 5.41) is 1.91. The molecule has 2 N–H and O–H groups in total. The van der Waals surface area contributed by atoms with E-state index in [9.17, 15) is 4.79 Å². The van der Waals surface area contributed by atoms with Gasteiger partial charge in [-0.05, 0) is 32.5 Å². The zero-order valence-corrected chi connectivity index (χ0v) is 13.6. The van der Waals surface area contributed by atoms with Gasteiger partial charge in [0, 0.05) is 24.5 Å². The van der Waals surface area contributed by atoms with E-state index in [0.717, 1.165) is 42.9 Å². The molecule has 21 heavy (non-hydrogen) atoms. The molecule has 114 valence electrons. The van der Waals surface area contributed by atoms with Crippen molar-refractivity contribution >= 4 is 17.2 Å². The summed E-state index contributed by atoms with van der Waals surface area (Å²) < 4.78 is 0. The van der Waals surface area contributed by atoms with Crippen LogP contribution in [0.2, 0.25) is 0 Å². The molecule has 0 saturated carbocycles. The van der Waals surface area contributed by atoms with Crippen LogP contribution >= 0.6 is 11.3 Å². The quantitative estimate of drug-likeness (QED) is 0.845. The van der Waals surface area contributed by atoms with E-state index in [2.05, 4.69) is 30.7 Å². The lowest BCUT2D eigenvalue weighted by molar-refractivity contribution is 0.0676. The molecule has 1 aliphatic rings. The minimum atomic E-state index is 0.134. The Morgan fingerprint density at radius 1 is 1.52 bits per heavy atom. The number of rotatable bonds is 2. The van der Waals surface area contributed by atoms with Gasteiger partial charge < -0.3 is 15.5 Å². The molecule has 0 radical (unpaired) electrons. The van der Waals surface area contributed by atoms with E-state index in [-0.39, 0.29) is 5.91 Å². The fourth-order valence-electron chi connectivity index (χ4n) is 2.68. The van der Waals surface area contributed by atoms with Crippen LogP contribution in [0.4, 0.5) is 0 Å². The highest BCUT2D eigenvalue weighted by Gasteiger charge is 2.27. The zero-order valence-electron chi connectivity index (χ0n) is 12.8. The maximum atomic E-state index is 12.8. The van der Waals surface area contributed by atoms with E-state index in [1.54, 1.807) is 0 Å². The first-order valence-corrected chi connectivity index (χ1v) is 8.30. The molecule has 1 aromatic rings. The lowest BCUT2D eigenvalue weighted by Gasteiger charge is -2.30. The summed E-state index contributed by atoms with van der Waals surface area (Å²) in [6.07, 6.45) is 2.02. The van der Waals surface area contributed by atoms with Crippen molar-refractivity contribution in [2.75, 3.05) is 33.2 Å². The van der Waals surface area contributed by atoms with Crippen molar-refractivity contribution in [3.63, 3.8) is 0 Å². The second-order valence-electron chi connectivity index (χ2n) is 5.38. The van der Waals surface area contributed by atoms with Crippen LogP contribution in [-0.4, -0.2) is 55.0 Å². The van der Waals surface area contributed by atoms with Gasteiger partial charge in [-0.2, -0.15) is 0 Å². The summed E-state index contributed by atoms with van der Waals surface area (Å²) in [6, 6.07) is 2.18. The Bertz CT molecular complexity index is 543. The topological polar surface area (TPSA) is 49.6 Å². The van der Waals surface area contributed by atoms with Gasteiger partial charge in [-0.3, -0.25) is 4.79 Å². The maximum absolute atomic E-state index is 12.8. The number of likely N-dealkylation sites (N-methyl/N-ethyl adjacent to an activating group) is 1. The Morgan fingerprint density at radius 3 is 3.05 bits per heavy atom. The summed E-state index contributed by atoms with van der Waals surface area (Å²) in [4.78, 5) is 18.0. The monoisotopic (exact) mass is 305 g/mol. The molecule has 0 aromatic carbocycles. The lowest BCUT2D eigenvalue weighted by atomic mass is 10.1. The number of nitrogens with zero attached hydrogens (tertiary/aromatic N) is 2. The minimum Gasteiger partial charge on any atom is -0.334 e. The van der Waals surface area contributed by atoms with Crippen LogP contribution in [0.25, 0.3) is 0 Å². The Labute approximate surface area is 130 Å². The van der Waals surface area contributed by atoms with Gasteiger partial charge >= 0.3 is 0 Å². The smallest absolute Gasteiger partial charge is 0.255 e. The van der Waals surface area contributed by atoms with Crippen molar-refractivity contribution in [3.05, 3.63) is 21.9 Å². The summed E-state index contributed by atoms with van der Waals surface area (Å²) in [5.74, 6) is 5.95. The fourth-order valence-corrected chi connectivity index (χ4v) is 3.43. The molecule has 2 rings (SSSR count). The van der Waals surface area contributed by atoms with Crippen molar-refractivity contribution < 1.29 is 4.79 Å². The highest BCUT2D eigenvalue weighted by molar-refractivity contribution is 7.10. The highest BCUT2D eigenvalue weighted by atomic mass is 32.1. The van der Waals surface area contributed by atoms with Gasteiger partial charge in [0.15, 0.2) is 0 Å². The lowest BCUT2D eigenvalue weighted by Crippen LogP contribution is -2.43. The average molecular weight is 305 g/mol. The van der Waals surface area contributed by atoms with Gasteiger partial charge in [-0.25, -0.2) is 0 Å². The third kappa shape index (κ3) is 4.07. The van der Waals surface area contributed by atoms with E-state index in [0.29, 0.717) is 12.6 Å². The van der Waals surface area contributed by atoms with Gasteiger partial charge in [-0.15, -0.1) is 11.3 Å². The Hall–Kier alpha value is -1.35. The standard InChI is InChI=1S/C16H23N3OS/c1-3-14-11-18(2)8-5-9-19(14)16(20)13-10-15(21-12-13)6-4-7-17/h10,12,14H,3,5,7-9,11,17H2,1-2H3. The van der Waals surface area contributed by atoms with Gasteiger partial charge in [-0.1, -0.05) is 18.8 Å². The molecule has 1 aliphatic heterocycles. The molecule has 0 spiro atoms. The van der Waals surface area contributed by atoms with Gasteiger partial charge in [0.1, 0.15) is 0 Å². The van der Waals surface area contributed by atoms with Crippen molar-refractivity contribution in [2.45, 2.75) is 25.8 Å². The molecule has 1 aromatic heterocycles. The van der Waals surface area contributed by atoms with Crippen LogP contribution in [0, 0.1) is 11.8 Å². The summed E-state index contributed by atoms with van der Waals surface area (Å²) in [5.41, 5.74) is 6.13. The predicted molar refractivity (Wildman–Crippen MR) is 87.5 cm³/mol. The molecule has 4 nitrogen and oxygen atoms in total. The van der Waals surface area contributed by atoms with Crippen LogP contribution in [0.3, 0.4) is 0 Å². The zero-order chi connectivity index (χ0) is 15.2. The number of thiophene rings is 1. The number of carbonyl (C=O) groups excluding carboxylic acids is 1. The summed E-state index contributed by atoms with van der Waals surface area (Å²) in [7, 11) is 2.13. The number of carbonyl (C=O) groups is 1. The van der Waals surface area contributed by atoms with Gasteiger partial charge in [0.05, 0.1) is 17.0 Å². The van der Waals surface area contributed by atoms with Crippen molar-refractivity contribution in [2.24, 2.45) is 5.73 Å². The molecular weight excluding hydrogens is 282 g/mol. The van der Waals surface area contributed by atoms with Crippen LogP contribution in [0.15, 0.2) is 11.4 Å². The highest BCUT2D eigenvalue weighted by Crippen LogP contribution is 2.20. The van der Waals surface area contributed by atoms with Gasteiger partial charge in [0.2, 0.25) is 0 Å². The second-order valence-corrected chi connectivity index (χ2v) is 6.29. The van der Waals surface area contributed by atoms with Crippen LogP contribution in [0.1, 0.15) is 35.0 Å². The van der Waals surface area contributed by atoms with Crippen LogP contribution in [-0.2, 0) is 0 Å². The first-order chi connectivity index (χ1) is 10.2. The normalized spacial score (nSPS) is 19.8.